The number of amides is 1. The summed E-state index contributed by atoms with van der Waals surface area (Å²) in [6, 6.07) is 10.1. The molecule has 0 atom stereocenters. The molecule has 7 nitrogen and oxygen atoms in total. The van der Waals surface area contributed by atoms with E-state index < -0.39 is 0 Å². The molecule has 0 saturated carbocycles. The van der Waals surface area contributed by atoms with Gasteiger partial charge in [0, 0.05) is 31.6 Å². The Morgan fingerprint density at radius 1 is 1.07 bits per heavy atom. The molecule has 0 aliphatic carbocycles. The largest absolute Gasteiger partial charge is 0.353 e. The van der Waals surface area contributed by atoms with Crippen molar-refractivity contribution < 1.29 is 9.18 Å². The van der Waals surface area contributed by atoms with Gasteiger partial charge in [-0.3, -0.25) is 4.79 Å². The Balaban J connectivity index is 1.47. The summed E-state index contributed by atoms with van der Waals surface area (Å²) in [5, 5.41) is 13.3. The maximum Gasteiger partial charge on any atom is 0.227 e. The number of benzene rings is 1. The monoisotopic (exact) mass is 410 g/mol. The van der Waals surface area contributed by atoms with E-state index in [-0.39, 0.29) is 23.6 Å². The van der Waals surface area contributed by atoms with E-state index in [1.807, 2.05) is 21.5 Å². The molecule has 2 aromatic heterocycles. The highest BCUT2D eigenvalue weighted by Crippen LogP contribution is 2.22. The van der Waals surface area contributed by atoms with Crippen molar-refractivity contribution in [3.8, 4) is 0 Å². The molecule has 1 aromatic carbocycles. The quantitative estimate of drug-likeness (QED) is 0.664. The first kappa shape index (κ1) is 20.3. The predicted molar refractivity (Wildman–Crippen MR) is 113 cm³/mol. The normalized spacial score (nSPS) is 15.5. The number of carbonyl (C=O) groups excluding carboxylic acids is 1. The summed E-state index contributed by atoms with van der Waals surface area (Å²) >= 11 is 0. The molecule has 0 radical (unpaired) electrons. The number of carbonyl (C=O) groups is 1. The SMILES string of the molecule is CC(C)(C)c1nnc2ccc(N3CCCN(C(=O)Cc4cccc(F)c4)CC3)nn12. The van der Waals surface area contributed by atoms with Gasteiger partial charge in [0.2, 0.25) is 5.91 Å². The highest BCUT2D eigenvalue weighted by Gasteiger charge is 2.24. The van der Waals surface area contributed by atoms with Crippen LogP contribution in [0.15, 0.2) is 36.4 Å². The van der Waals surface area contributed by atoms with Crippen molar-refractivity contribution in [2.24, 2.45) is 0 Å². The van der Waals surface area contributed by atoms with Crippen molar-refractivity contribution in [2.75, 3.05) is 31.1 Å². The Labute approximate surface area is 175 Å². The van der Waals surface area contributed by atoms with Gasteiger partial charge in [0.25, 0.3) is 0 Å². The van der Waals surface area contributed by atoms with Gasteiger partial charge in [-0.1, -0.05) is 32.9 Å². The molecule has 0 N–H and O–H groups in total. The Kier molecular flexibility index (Phi) is 5.40. The number of nitrogens with zero attached hydrogens (tertiary/aromatic N) is 6. The van der Waals surface area contributed by atoms with Crippen LogP contribution in [0.3, 0.4) is 0 Å². The molecule has 3 aromatic rings. The van der Waals surface area contributed by atoms with Crippen LogP contribution in [0.5, 0.6) is 0 Å². The number of hydrogen-bond donors (Lipinski definition) is 0. The van der Waals surface area contributed by atoms with Gasteiger partial charge in [-0.05, 0) is 36.2 Å². The van der Waals surface area contributed by atoms with Crippen molar-refractivity contribution in [1.29, 1.82) is 0 Å². The van der Waals surface area contributed by atoms with Crippen molar-refractivity contribution in [3.63, 3.8) is 0 Å². The van der Waals surface area contributed by atoms with Gasteiger partial charge < -0.3 is 9.80 Å². The van der Waals surface area contributed by atoms with Crippen LogP contribution in [0.4, 0.5) is 10.2 Å². The molecule has 1 aliphatic rings. The number of fused-ring (bicyclic) bond motifs is 1. The van der Waals surface area contributed by atoms with E-state index in [0.717, 1.165) is 30.3 Å². The zero-order chi connectivity index (χ0) is 21.3. The van der Waals surface area contributed by atoms with Crippen LogP contribution in [0, 0.1) is 5.82 Å². The molecule has 4 rings (SSSR count). The second-order valence-corrected chi connectivity index (χ2v) is 8.76. The van der Waals surface area contributed by atoms with Crippen LogP contribution >= 0.6 is 0 Å². The summed E-state index contributed by atoms with van der Waals surface area (Å²) in [5.41, 5.74) is 1.27. The van der Waals surface area contributed by atoms with Gasteiger partial charge in [0.1, 0.15) is 11.6 Å². The van der Waals surface area contributed by atoms with Crippen molar-refractivity contribution in [1.82, 2.24) is 24.7 Å². The first-order valence-electron chi connectivity index (χ1n) is 10.3. The molecule has 30 heavy (non-hydrogen) atoms. The van der Waals surface area contributed by atoms with Crippen molar-refractivity contribution >= 4 is 17.4 Å². The summed E-state index contributed by atoms with van der Waals surface area (Å²) in [5.74, 6) is 1.39. The van der Waals surface area contributed by atoms with Gasteiger partial charge in [0.05, 0.1) is 6.42 Å². The first-order chi connectivity index (χ1) is 14.3. The molecule has 0 bridgehead atoms. The summed E-state index contributed by atoms with van der Waals surface area (Å²) in [7, 11) is 0. The Morgan fingerprint density at radius 3 is 2.67 bits per heavy atom. The molecule has 1 saturated heterocycles. The van der Waals surface area contributed by atoms with E-state index in [4.69, 9.17) is 5.10 Å². The Morgan fingerprint density at radius 2 is 1.90 bits per heavy atom. The third-order valence-corrected chi connectivity index (χ3v) is 5.34. The molecular weight excluding hydrogens is 383 g/mol. The lowest BCUT2D eigenvalue weighted by molar-refractivity contribution is -0.130. The number of hydrogen-bond acceptors (Lipinski definition) is 5. The van der Waals surface area contributed by atoms with E-state index in [0.29, 0.717) is 25.2 Å². The molecule has 3 heterocycles. The molecule has 1 aliphatic heterocycles. The third kappa shape index (κ3) is 4.27. The molecule has 1 amide bonds. The average Bonchev–Trinajstić information content (AvgIpc) is 2.97. The maximum atomic E-state index is 13.4. The number of rotatable bonds is 3. The predicted octanol–water partition coefficient (Wildman–Crippen LogP) is 2.84. The molecule has 8 heteroatoms. The van der Waals surface area contributed by atoms with Gasteiger partial charge in [-0.2, -0.15) is 4.52 Å². The first-order valence-corrected chi connectivity index (χ1v) is 10.3. The lowest BCUT2D eigenvalue weighted by Gasteiger charge is -2.23. The maximum absolute atomic E-state index is 13.4. The second kappa shape index (κ2) is 8.01. The molecule has 158 valence electrons. The van der Waals surface area contributed by atoms with E-state index in [1.165, 1.54) is 12.1 Å². The third-order valence-electron chi connectivity index (χ3n) is 5.34. The van der Waals surface area contributed by atoms with Crippen molar-refractivity contribution in [3.05, 3.63) is 53.6 Å². The van der Waals surface area contributed by atoms with E-state index >= 15 is 0 Å². The lowest BCUT2D eigenvalue weighted by atomic mass is 9.96. The Bertz CT molecular complexity index is 1060. The highest BCUT2D eigenvalue weighted by molar-refractivity contribution is 5.78. The van der Waals surface area contributed by atoms with Gasteiger partial charge in [0.15, 0.2) is 11.5 Å². The topological polar surface area (TPSA) is 66.6 Å². The zero-order valence-electron chi connectivity index (χ0n) is 17.7. The zero-order valence-corrected chi connectivity index (χ0v) is 17.7. The highest BCUT2D eigenvalue weighted by atomic mass is 19.1. The van der Waals surface area contributed by atoms with Gasteiger partial charge in [-0.25, -0.2) is 4.39 Å². The van der Waals surface area contributed by atoms with Crippen LogP contribution in [-0.4, -0.2) is 56.8 Å². The lowest BCUT2D eigenvalue weighted by Crippen LogP contribution is -2.36. The summed E-state index contributed by atoms with van der Waals surface area (Å²) in [6.07, 6.45) is 1.07. The molecule has 0 unspecified atom stereocenters. The minimum absolute atomic E-state index is 0.0275. The van der Waals surface area contributed by atoms with Crippen LogP contribution in [0.1, 0.15) is 38.6 Å². The fourth-order valence-electron chi connectivity index (χ4n) is 3.74. The van der Waals surface area contributed by atoms with Crippen LogP contribution in [0.25, 0.3) is 5.65 Å². The number of halogens is 1. The average molecular weight is 410 g/mol. The summed E-state index contributed by atoms with van der Waals surface area (Å²) < 4.78 is 15.2. The number of aromatic nitrogens is 4. The van der Waals surface area contributed by atoms with Gasteiger partial charge in [-0.15, -0.1) is 15.3 Å². The van der Waals surface area contributed by atoms with E-state index in [9.17, 15) is 9.18 Å². The molecule has 1 fully saturated rings. The fraction of sp³-hybridized carbons (Fsp3) is 0.455. The molecule has 0 spiro atoms. The second-order valence-electron chi connectivity index (χ2n) is 8.76. The van der Waals surface area contributed by atoms with E-state index in [2.05, 4.69) is 35.9 Å². The van der Waals surface area contributed by atoms with Crippen molar-refractivity contribution in [2.45, 2.75) is 39.0 Å². The molecular formula is C22H27FN6O. The fourth-order valence-corrected chi connectivity index (χ4v) is 3.74. The standard InChI is InChI=1S/C22H27FN6O/c1-22(2,3)21-25-24-18-8-9-19(26-29(18)21)27-10-5-11-28(13-12-27)20(30)15-16-6-4-7-17(23)14-16/h4,6-9,14H,5,10-13,15H2,1-3H3. The smallest absolute Gasteiger partial charge is 0.227 e. The minimum atomic E-state index is -0.313. The van der Waals surface area contributed by atoms with E-state index in [1.54, 1.807) is 12.1 Å². The number of anilines is 1. The van der Waals surface area contributed by atoms with Crippen LogP contribution in [-0.2, 0) is 16.6 Å². The van der Waals surface area contributed by atoms with Gasteiger partial charge >= 0.3 is 0 Å². The minimum Gasteiger partial charge on any atom is -0.353 e. The van der Waals surface area contributed by atoms with Crippen LogP contribution < -0.4 is 4.90 Å². The Hall–Kier alpha value is -3.03. The van der Waals surface area contributed by atoms with Crippen LogP contribution in [0.2, 0.25) is 0 Å². The summed E-state index contributed by atoms with van der Waals surface area (Å²) in [4.78, 5) is 16.8. The summed E-state index contributed by atoms with van der Waals surface area (Å²) in [6.45, 7) is 9.08.